The van der Waals surface area contributed by atoms with Crippen LogP contribution < -0.4 is 20.3 Å². The molecule has 1 aliphatic heterocycles. The molecule has 1 saturated heterocycles. The van der Waals surface area contributed by atoms with Crippen molar-refractivity contribution in [3.8, 4) is 5.75 Å². The molecule has 2 heterocycles. The van der Waals surface area contributed by atoms with Gasteiger partial charge in [-0.2, -0.15) is 5.10 Å². The molecule has 2 atom stereocenters. The molecule has 8 heteroatoms. The molecular weight excluding hydrogens is 388 g/mol. The van der Waals surface area contributed by atoms with Crippen molar-refractivity contribution in [2.45, 2.75) is 38.8 Å². The summed E-state index contributed by atoms with van der Waals surface area (Å²) in [7, 11) is 1.95. The van der Waals surface area contributed by atoms with Gasteiger partial charge in [0.2, 0.25) is 0 Å². The second kappa shape index (κ2) is 10.4. The van der Waals surface area contributed by atoms with E-state index in [1.165, 1.54) is 5.69 Å². The van der Waals surface area contributed by atoms with Crippen LogP contribution in [0.25, 0.3) is 0 Å². The van der Waals surface area contributed by atoms with Crippen molar-refractivity contribution in [2.24, 2.45) is 12.0 Å². The zero-order valence-corrected chi connectivity index (χ0v) is 18.2. The molecule has 1 fully saturated rings. The van der Waals surface area contributed by atoms with Crippen LogP contribution in [0.1, 0.15) is 26.7 Å². The number of nitrogens with zero attached hydrogens (tertiary/aromatic N) is 4. The topological polar surface area (TPSA) is 66.7 Å². The Morgan fingerprint density at radius 1 is 1.41 bits per heavy atom. The standard InChI is InChI=1S/C21H31ClN6O/c1-4-23-21(24-12-16(2)29-20-10-6-5-9-19(20)22)26-17-8-7-11-28(14-17)18-13-25-27(3)15-18/h5-6,9-10,13,15-17H,4,7-8,11-12,14H2,1-3H3,(H2,23,24,26). The van der Waals surface area contributed by atoms with Crippen molar-refractivity contribution in [2.75, 3.05) is 31.1 Å². The van der Waals surface area contributed by atoms with E-state index in [2.05, 4.69) is 33.8 Å². The minimum absolute atomic E-state index is 0.0800. The van der Waals surface area contributed by atoms with Gasteiger partial charge < -0.3 is 20.3 Å². The second-order valence-corrected chi connectivity index (χ2v) is 7.79. The zero-order valence-electron chi connectivity index (χ0n) is 17.4. The maximum atomic E-state index is 6.18. The highest BCUT2D eigenvalue weighted by Gasteiger charge is 2.22. The first-order chi connectivity index (χ1) is 14.0. The monoisotopic (exact) mass is 418 g/mol. The smallest absolute Gasteiger partial charge is 0.191 e. The Bertz CT molecular complexity index is 808. The fourth-order valence-electron chi connectivity index (χ4n) is 3.43. The maximum Gasteiger partial charge on any atom is 0.191 e. The van der Waals surface area contributed by atoms with Gasteiger partial charge in [-0.15, -0.1) is 0 Å². The molecule has 29 heavy (non-hydrogen) atoms. The van der Waals surface area contributed by atoms with Crippen molar-refractivity contribution in [1.82, 2.24) is 20.4 Å². The van der Waals surface area contributed by atoms with E-state index in [4.69, 9.17) is 21.3 Å². The molecule has 0 bridgehead atoms. The number of aromatic nitrogens is 2. The molecule has 1 aromatic carbocycles. The van der Waals surface area contributed by atoms with Gasteiger partial charge in [0.05, 0.1) is 23.5 Å². The number of guanidine groups is 1. The Morgan fingerprint density at radius 2 is 2.24 bits per heavy atom. The average molecular weight is 419 g/mol. The third-order valence-corrected chi connectivity index (χ3v) is 5.15. The molecule has 158 valence electrons. The summed E-state index contributed by atoms with van der Waals surface area (Å²) in [4.78, 5) is 7.10. The van der Waals surface area contributed by atoms with E-state index in [-0.39, 0.29) is 6.10 Å². The third-order valence-electron chi connectivity index (χ3n) is 4.83. The molecule has 7 nitrogen and oxygen atoms in total. The second-order valence-electron chi connectivity index (χ2n) is 7.38. The van der Waals surface area contributed by atoms with Crippen LogP contribution >= 0.6 is 11.6 Å². The fourth-order valence-corrected chi connectivity index (χ4v) is 3.61. The van der Waals surface area contributed by atoms with Crippen molar-refractivity contribution < 1.29 is 4.74 Å². The highest BCUT2D eigenvalue weighted by molar-refractivity contribution is 6.32. The summed E-state index contributed by atoms with van der Waals surface area (Å²) in [6.07, 6.45) is 6.17. The van der Waals surface area contributed by atoms with Gasteiger partial charge in [-0.05, 0) is 38.8 Å². The zero-order chi connectivity index (χ0) is 20.6. The summed E-state index contributed by atoms with van der Waals surface area (Å²) in [6, 6.07) is 7.85. The molecule has 1 aromatic heterocycles. The Morgan fingerprint density at radius 3 is 2.97 bits per heavy atom. The predicted octanol–water partition coefficient (Wildman–Crippen LogP) is 3.06. The largest absolute Gasteiger partial charge is 0.487 e. The number of nitrogens with one attached hydrogen (secondary N) is 2. The number of rotatable bonds is 7. The van der Waals surface area contributed by atoms with Crippen molar-refractivity contribution in [1.29, 1.82) is 0 Å². The van der Waals surface area contributed by atoms with Crippen molar-refractivity contribution in [3.63, 3.8) is 0 Å². The van der Waals surface area contributed by atoms with Crippen LogP contribution in [0.15, 0.2) is 41.7 Å². The van der Waals surface area contributed by atoms with E-state index < -0.39 is 0 Å². The lowest BCUT2D eigenvalue weighted by Crippen LogP contribution is -2.51. The highest BCUT2D eigenvalue weighted by Crippen LogP contribution is 2.24. The molecular formula is C21H31ClN6O. The van der Waals surface area contributed by atoms with Crippen LogP contribution in [0.4, 0.5) is 5.69 Å². The summed E-state index contributed by atoms with van der Waals surface area (Å²) < 4.78 is 7.77. The van der Waals surface area contributed by atoms with Crippen LogP contribution in [0.5, 0.6) is 5.75 Å². The number of ether oxygens (including phenoxy) is 1. The predicted molar refractivity (Wildman–Crippen MR) is 119 cm³/mol. The Kier molecular flexibility index (Phi) is 7.63. The molecule has 0 spiro atoms. The normalized spacial score (nSPS) is 18.4. The Hall–Kier alpha value is -2.41. The first-order valence-electron chi connectivity index (χ1n) is 10.2. The number of piperidine rings is 1. The average Bonchev–Trinajstić information content (AvgIpc) is 3.15. The molecule has 3 rings (SSSR count). The molecule has 0 saturated carbocycles. The quantitative estimate of drug-likeness (QED) is 0.534. The molecule has 0 radical (unpaired) electrons. The van der Waals surface area contributed by atoms with Crippen LogP contribution in [0.2, 0.25) is 5.02 Å². The third kappa shape index (κ3) is 6.29. The SMILES string of the molecule is CCNC(=NCC(C)Oc1ccccc1Cl)NC1CCCN(c2cnn(C)c2)C1. The number of benzene rings is 1. The van der Waals surface area contributed by atoms with E-state index in [1.807, 2.05) is 49.1 Å². The fraction of sp³-hybridized carbons (Fsp3) is 0.524. The van der Waals surface area contributed by atoms with E-state index in [0.29, 0.717) is 23.4 Å². The van der Waals surface area contributed by atoms with Gasteiger partial charge in [0, 0.05) is 38.9 Å². The number of halogens is 1. The van der Waals surface area contributed by atoms with E-state index >= 15 is 0 Å². The molecule has 2 aromatic rings. The highest BCUT2D eigenvalue weighted by atomic mass is 35.5. The summed E-state index contributed by atoms with van der Waals surface area (Å²) in [5, 5.41) is 11.8. The van der Waals surface area contributed by atoms with Gasteiger partial charge in [0.25, 0.3) is 0 Å². The van der Waals surface area contributed by atoms with Gasteiger partial charge in [-0.1, -0.05) is 23.7 Å². The van der Waals surface area contributed by atoms with E-state index in [0.717, 1.165) is 38.4 Å². The Balaban J connectivity index is 1.56. The lowest BCUT2D eigenvalue weighted by atomic mass is 10.1. The number of aryl methyl sites for hydroxylation is 1. The van der Waals surface area contributed by atoms with Gasteiger partial charge in [0.15, 0.2) is 5.96 Å². The minimum atomic E-state index is -0.0800. The number of anilines is 1. The van der Waals surface area contributed by atoms with Gasteiger partial charge >= 0.3 is 0 Å². The lowest BCUT2D eigenvalue weighted by Gasteiger charge is -2.34. The summed E-state index contributed by atoms with van der Waals surface area (Å²) in [5.41, 5.74) is 1.17. The van der Waals surface area contributed by atoms with Gasteiger partial charge in [-0.3, -0.25) is 4.68 Å². The van der Waals surface area contributed by atoms with Gasteiger partial charge in [0.1, 0.15) is 11.9 Å². The summed E-state index contributed by atoms with van der Waals surface area (Å²) >= 11 is 6.18. The van der Waals surface area contributed by atoms with E-state index in [1.54, 1.807) is 0 Å². The summed E-state index contributed by atoms with van der Waals surface area (Å²) in [6.45, 7) is 7.41. The molecule has 2 N–H and O–H groups in total. The number of para-hydroxylation sites is 1. The number of aliphatic imine (C=N–C) groups is 1. The molecule has 0 aliphatic carbocycles. The van der Waals surface area contributed by atoms with Crippen molar-refractivity contribution in [3.05, 3.63) is 41.7 Å². The molecule has 0 amide bonds. The first-order valence-corrected chi connectivity index (χ1v) is 10.6. The molecule has 2 unspecified atom stereocenters. The maximum absolute atomic E-state index is 6.18. The van der Waals surface area contributed by atoms with E-state index in [9.17, 15) is 0 Å². The minimum Gasteiger partial charge on any atom is -0.487 e. The number of hydrogen-bond donors (Lipinski definition) is 2. The lowest BCUT2D eigenvalue weighted by molar-refractivity contribution is 0.230. The van der Waals surface area contributed by atoms with Crippen LogP contribution in [0.3, 0.4) is 0 Å². The number of hydrogen-bond acceptors (Lipinski definition) is 4. The van der Waals surface area contributed by atoms with Crippen LogP contribution in [0, 0.1) is 0 Å². The summed E-state index contributed by atoms with van der Waals surface area (Å²) in [5.74, 6) is 1.51. The van der Waals surface area contributed by atoms with Crippen LogP contribution in [-0.4, -0.2) is 54.1 Å². The molecule has 1 aliphatic rings. The van der Waals surface area contributed by atoms with Gasteiger partial charge in [-0.25, -0.2) is 4.99 Å². The van der Waals surface area contributed by atoms with Crippen LogP contribution in [-0.2, 0) is 7.05 Å². The first kappa shape index (κ1) is 21.3. The Labute approximate surface area is 178 Å². The van der Waals surface area contributed by atoms with Crippen molar-refractivity contribution >= 4 is 23.2 Å².